The van der Waals surface area contributed by atoms with Crippen molar-refractivity contribution in [2.45, 2.75) is 0 Å². The summed E-state index contributed by atoms with van der Waals surface area (Å²) >= 11 is 0. The zero-order valence-corrected chi connectivity index (χ0v) is 47.4. The van der Waals surface area contributed by atoms with Crippen molar-refractivity contribution in [2.75, 3.05) is 0 Å². The Morgan fingerprint density at radius 1 is 0.261 bits per heavy atom. The summed E-state index contributed by atoms with van der Waals surface area (Å²) in [6.45, 7) is 0. The minimum absolute atomic E-state index is 0.535. The SMILES string of the molecule is N#Cc1ccccc1-c1cc(-n2c3cc(-c4cccc(-c5ccccc5)n4)ccc3c3ccc(-c4cccc(-c5ccccc5)n4)cc32)ncc1-n1c2cc(-c3cccc(-c4ccccc4)n3)ccc2c2ccc(-c3cccc(-c4ccccc4)n3)cc21. The molecule has 0 amide bonds. The van der Waals surface area contributed by atoms with E-state index in [0.717, 1.165) is 150 Å². The van der Waals surface area contributed by atoms with Gasteiger partial charge in [-0.3, -0.25) is 4.57 Å². The molecular weight excluding hydrogens is 1070 g/mol. The number of fused-ring (bicyclic) bond motifs is 6. The van der Waals surface area contributed by atoms with E-state index in [0.29, 0.717) is 11.4 Å². The molecule has 0 unspecified atom stereocenters. The Kier molecular flexibility index (Phi) is 12.7. The fraction of sp³-hybridized carbons (Fsp3) is 0. The van der Waals surface area contributed by atoms with Gasteiger partial charge in [0.25, 0.3) is 0 Å². The molecule has 0 N–H and O–H groups in total. The average molecular weight is 1120 g/mol. The van der Waals surface area contributed by atoms with Gasteiger partial charge in [0.1, 0.15) is 5.82 Å². The van der Waals surface area contributed by atoms with Gasteiger partial charge in [0, 0.05) is 77.2 Å². The molecule has 88 heavy (non-hydrogen) atoms. The normalized spacial score (nSPS) is 11.4. The highest BCUT2D eigenvalue weighted by Crippen LogP contribution is 2.43. The Bertz CT molecular complexity index is 5110. The van der Waals surface area contributed by atoms with Crippen LogP contribution in [0.15, 0.2) is 303 Å². The standard InChI is InChI=1S/C80H50N8/c81-50-60-27-13-14-28-61(60)66-49-80(88-77-47-58(73-35-17-31-69(85-73)54-23-9-3-10-24-54)39-43-64(77)65-44-40-59(48-78(65)88)74-36-18-32-70(86-74)55-25-11-4-12-26-55)82-51-79(66)87-75-45-56(71-33-15-29-67(83-71)52-19-5-1-6-20-52)37-41-62(75)63-42-38-57(46-76(63)87)72-34-16-30-68(84-72)53-21-7-2-8-22-53/h1-49,51H. The summed E-state index contributed by atoms with van der Waals surface area (Å²) in [5, 5.41) is 15.3. The third-order valence-corrected chi connectivity index (χ3v) is 16.7. The third kappa shape index (κ3) is 9.24. The molecule has 0 bridgehead atoms. The summed E-state index contributed by atoms with van der Waals surface area (Å²) in [5.41, 5.74) is 21.7. The van der Waals surface area contributed by atoms with Crippen molar-refractivity contribution in [1.29, 1.82) is 5.26 Å². The molecule has 0 radical (unpaired) electrons. The topological polar surface area (TPSA) is 98.1 Å². The van der Waals surface area contributed by atoms with Crippen LogP contribution in [0.4, 0.5) is 0 Å². The molecular formula is C80H50N8. The first-order valence-corrected chi connectivity index (χ1v) is 29.4. The van der Waals surface area contributed by atoms with Crippen molar-refractivity contribution in [2.24, 2.45) is 0 Å². The molecule has 0 aliphatic heterocycles. The minimum Gasteiger partial charge on any atom is -0.307 e. The fourth-order valence-electron chi connectivity index (χ4n) is 12.4. The Labute approximate surface area is 507 Å². The average Bonchev–Trinajstić information content (AvgIpc) is 2.03. The smallest absolute Gasteiger partial charge is 0.138 e. The fourth-order valence-corrected chi connectivity index (χ4v) is 12.4. The summed E-state index contributed by atoms with van der Waals surface area (Å²) < 4.78 is 4.58. The molecule has 8 heteroatoms. The number of hydrogen-bond acceptors (Lipinski definition) is 6. The third-order valence-electron chi connectivity index (χ3n) is 16.7. The molecule has 9 aromatic carbocycles. The van der Waals surface area contributed by atoms with Gasteiger partial charge in [-0.05, 0) is 84.9 Å². The summed E-state index contributed by atoms with van der Waals surface area (Å²) in [7, 11) is 0. The number of rotatable bonds is 11. The van der Waals surface area contributed by atoms with Crippen molar-refractivity contribution in [3.63, 3.8) is 0 Å². The van der Waals surface area contributed by atoms with Crippen LogP contribution in [0.3, 0.4) is 0 Å². The first-order chi connectivity index (χ1) is 43.6. The molecule has 0 aliphatic rings. The molecule has 0 spiro atoms. The van der Waals surface area contributed by atoms with E-state index in [1.807, 2.05) is 103 Å². The monoisotopic (exact) mass is 1120 g/mol. The lowest BCUT2D eigenvalue weighted by atomic mass is 9.99. The van der Waals surface area contributed by atoms with Crippen LogP contribution in [0.2, 0.25) is 0 Å². The molecule has 0 fully saturated rings. The van der Waals surface area contributed by atoms with E-state index < -0.39 is 0 Å². The molecule has 0 saturated carbocycles. The lowest BCUT2D eigenvalue weighted by Gasteiger charge is -2.18. The van der Waals surface area contributed by atoms with Gasteiger partial charge >= 0.3 is 0 Å². The summed E-state index contributed by atoms with van der Waals surface area (Å²) in [6, 6.07) is 105. The first kappa shape index (κ1) is 51.5. The van der Waals surface area contributed by atoms with E-state index in [1.54, 1.807) is 0 Å². The van der Waals surface area contributed by atoms with Crippen LogP contribution in [0.1, 0.15) is 5.56 Å². The summed E-state index contributed by atoms with van der Waals surface area (Å²) in [6.07, 6.45) is 1.99. The number of nitrogens with zero attached hydrogens (tertiary/aromatic N) is 8. The first-order valence-electron chi connectivity index (χ1n) is 29.4. The maximum Gasteiger partial charge on any atom is 0.138 e. The second-order valence-electron chi connectivity index (χ2n) is 21.9. The van der Waals surface area contributed by atoms with Crippen LogP contribution in [0, 0.1) is 11.3 Å². The van der Waals surface area contributed by atoms with Crippen molar-refractivity contribution in [3.8, 4) is 119 Å². The van der Waals surface area contributed by atoms with Crippen LogP contribution < -0.4 is 0 Å². The van der Waals surface area contributed by atoms with Crippen LogP contribution >= 0.6 is 0 Å². The van der Waals surface area contributed by atoms with Crippen molar-refractivity contribution >= 4 is 43.6 Å². The molecule has 0 saturated heterocycles. The van der Waals surface area contributed by atoms with E-state index in [1.165, 1.54) is 0 Å². The molecule has 16 rings (SSSR count). The van der Waals surface area contributed by atoms with Gasteiger partial charge in [0.2, 0.25) is 0 Å². The Hall–Kier alpha value is -12.2. The molecule has 0 aliphatic carbocycles. The molecule has 8 nitrogen and oxygen atoms in total. The van der Waals surface area contributed by atoms with Gasteiger partial charge in [0.15, 0.2) is 0 Å². The summed E-state index contributed by atoms with van der Waals surface area (Å²) in [5.74, 6) is 0.670. The molecule has 16 aromatic rings. The molecule has 0 atom stereocenters. The minimum atomic E-state index is 0.535. The number of hydrogen-bond donors (Lipinski definition) is 0. The van der Waals surface area contributed by atoms with E-state index in [2.05, 4.69) is 215 Å². The van der Waals surface area contributed by atoms with Crippen molar-refractivity contribution in [3.05, 3.63) is 309 Å². The van der Waals surface area contributed by atoms with Gasteiger partial charge in [0.05, 0.1) is 91.1 Å². The van der Waals surface area contributed by atoms with Crippen LogP contribution in [0.25, 0.3) is 156 Å². The molecule has 7 heterocycles. The lowest BCUT2D eigenvalue weighted by molar-refractivity contribution is 1.06. The van der Waals surface area contributed by atoms with Crippen molar-refractivity contribution in [1.82, 2.24) is 34.1 Å². The zero-order valence-electron chi connectivity index (χ0n) is 47.4. The molecule has 7 aromatic heterocycles. The number of pyridine rings is 5. The predicted octanol–water partition coefficient (Wildman–Crippen LogP) is 19.7. The predicted molar refractivity (Wildman–Crippen MR) is 358 cm³/mol. The Morgan fingerprint density at radius 3 is 0.909 bits per heavy atom. The van der Waals surface area contributed by atoms with Gasteiger partial charge in [-0.2, -0.15) is 5.26 Å². The van der Waals surface area contributed by atoms with E-state index in [4.69, 9.17) is 24.9 Å². The summed E-state index contributed by atoms with van der Waals surface area (Å²) in [4.78, 5) is 26.6. The highest BCUT2D eigenvalue weighted by atomic mass is 15.1. The van der Waals surface area contributed by atoms with Gasteiger partial charge in [-0.15, -0.1) is 0 Å². The Morgan fingerprint density at radius 2 is 0.568 bits per heavy atom. The van der Waals surface area contributed by atoms with E-state index in [-0.39, 0.29) is 0 Å². The lowest BCUT2D eigenvalue weighted by Crippen LogP contribution is -2.04. The second-order valence-corrected chi connectivity index (χ2v) is 21.9. The number of aromatic nitrogens is 7. The largest absolute Gasteiger partial charge is 0.307 e. The van der Waals surface area contributed by atoms with E-state index in [9.17, 15) is 5.26 Å². The van der Waals surface area contributed by atoms with Crippen molar-refractivity contribution < 1.29 is 0 Å². The maximum atomic E-state index is 11.1. The van der Waals surface area contributed by atoms with Crippen LogP contribution in [-0.4, -0.2) is 34.1 Å². The van der Waals surface area contributed by atoms with E-state index >= 15 is 0 Å². The van der Waals surface area contributed by atoms with Gasteiger partial charge in [-0.25, -0.2) is 24.9 Å². The van der Waals surface area contributed by atoms with Gasteiger partial charge < -0.3 is 4.57 Å². The van der Waals surface area contributed by atoms with Gasteiger partial charge in [-0.1, -0.05) is 212 Å². The number of nitriles is 1. The Balaban J connectivity index is 0.949. The molecule has 410 valence electrons. The quantitative estimate of drug-likeness (QED) is 0.128. The van der Waals surface area contributed by atoms with Crippen LogP contribution in [-0.2, 0) is 0 Å². The van der Waals surface area contributed by atoms with Crippen LogP contribution in [0.5, 0.6) is 0 Å². The maximum absolute atomic E-state index is 11.1. The number of benzene rings is 9. The highest BCUT2D eigenvalue weighted by molar-refractivity contribution is 6.13. The highest BCUT2D eigenvalue weighted by Gasteiger charge is 2.24. The second kappa shape index (κ2) is 21.8. The zero-order chi connectivity index (χ0) is 58.5.